The largest absolute Gasteiger partial charge is 0.381 e. The fourth-order valence-corrected chi connectivity index (χ4v) is 2.53. The van der Waals surface area contributed by atoms with Gasteiger partial charge in [0, 0.05) is 19.2 Å². The lowest BCUT2D eigenvalue weighted by Crippen LogP contribution is -2.31. The van der Waals surface area contributed by atoms with Gasteiger partial charge in [0.2, 0.25) is 0 Å². The summed E-state index contributed by atoms with van der Waals surface area (Å²) in [7, 11) is 1.71. The second-order valence-electron chi connectivity index (χ2n) is 4.65. The SMILES string of the molecule is COC1CCCC(Nc2ncc([N+](=O)[O-])cc2Cl)C1. The fraction of sp³-hybridized carbons (Fsp3) is 0.583. The molecular formula is C12H16ClN3O3. The van der Waals surface area contributed by atoms with Gasteiger partial charge in [0.25, 0.3) is 5.69 Å². The van der Waals surface area contributed by atoms with E-state index in [9.17, 15) is 10.1 Å². The summed E-state index contributed by atoms with van der Waals surface area (Å²) in [6.45, 7) is 0. The van der Waals surface area contributed by atoms with Crippen molar-refractivity contribution in [3.8, 4) is 0 Å². The van der Waals surface area contributed by atoms with Gasteiger partial charge in [-0.15, -0.1) is 0 Å². The number of methoxy groups -OCH3 is 1. The van der Waals surface area contributed by atoms with Crippen LogP contribution in [0.1, 0.15) is 25.7 Å². The van der Waals surface area contributed by atoms with Gasteiger partial charge < -0.3 is 10.1 Å². The van der Waals surface area contributed by atoms with Gasteiger partial charge in [-0.3, -0.25) is 10.1 Å². The number of halogens is 1. The van der Waals surface area contributed by atoms with E-state index in [-0.39, 0.29) is 22.9 Å². The molecule has 0 amide bonds. The Morgan fingerprint density at radius 3 is 3.00 bits per heavy atom. The summed E-state index contributed by atoms with van der Waals surface area (Å²) < 4.78 is 5.36. The first kappa shape index (κ1) is 14.0. The van der Waals surface area contributed by atoms with E-state index >= 15 is 0 Å². The summed E-state index contributed by atoms with van der Waals surface area (Å²) in [6.07, 6.45) is 5.53. The standard InChI is InChI=1S/C12H16ClN3O3/c1-19-10-4-2-3-8(5-10)15-12-11(13)6-9(7-14-12)16(17)18/h6-8,10H,2-5H2,1H3,(H,14,15). The molecule has 19 heavy (non-hydrogen) atoms. The first-order chi connectivity index (χ1) is 9.10. The van der Waals surface area contributed by atoms with Crippen molar-refractivity contribution in [2.75, 3.05) is 12.4 Å². The highest BCUT2D eigenvalue weighted by atomic mass is 35.5. The lowest BCUT2D eigenvalue weighted by molar-refractivity contribution is -0.385. The molecule has 2 rings (SSSR count). The third kappa shape index (κ3) is 3.54. The van der Waals surface area contributed by atoms with E-state index in [0.29, 0.717) is 5.82 Å². The number of hydrogen-bond acceptors (Lipinski definition) is 5. The van der Waals surface area contributed by atoms with Gasteiger partial charge in [-0.2, -0.15) is 0 Å². The van der Waals surface area contributed by atoms with Gasteiger partial charge in [-0.1, -0.05) is 11.6 Å². The average Bonchev–Trinajstić information content (AvgIpc) is 2.41. The second kappa shape index (κ2) is 6.16. The predicted octanol–water partition coefficient (Wildman–Crippen LogP) is 3.01. The molecule has 0 spiro atoms. The number of ether oxygens (including phenoxy) is 1. The number of anilines is 1. The highest BCUT2D eigenvalue weighted by Gasteiger charge is 2.23. The van der Waals surface area contributed by atoms with Crippen molar-refractivity contribution in [1.29, 1.82) is 0 Å². The van der Waals surface area contributed by atoms with E-state index in [2.05, 4.69) is 10.3 Å². The molecule has 2 unspecified atom stereocenters. The molecule has 1 aliphatic carbocycles. The normalized spacial score (nSPS) is 23.1. The van der Waals surface area contributed by atoms with Gasteiger partial charge in [-0.05, 0) is 25.7 Å². The van der Waals surface area contributed by atoms with Gasteiger partial charge in [0.15, 0.2) is 0 Å². The van der Waals surface area contributed by atoms with Gasteiger partial charge in [-0.25, -0.2) is 4.98 Å². The number of hydrogen-bond donors (Lipinski definition) is 1. The molecule has 1 aromatic rings. The minimum atomic E-state index is -0.510. The van der Waals surface area contributed by atoms with Gasteiger partial charge >= 0.3 is 0 Å². The maximum absolute atomic E-state index is 10.6. The number of pyridine rings is 1. The quantitative estimate of drug-likeness (QED) is 0.679. The molecule has 6 nitrogen and oxygen atoms in total. The van der Waals surface area contributed by atoms with Crippen LogP contribution in [0.2, 0.25) is 5.02 Å². The van der Waals surface area contributed by atoms with Crippen LogP contribution in [0.15, 0.2) is 12.3 Å². The highest BCUT2D eigenvalue weighted by molar-refractivity contribution is 6.33. The number of nitro groups is 1. The van der Waals surface area contributed by atoms with Crippen LogP contribution in [0.3, 0.4) is 0 Å². The molecule has 1 aliphatic rings. The Bertz CT molecular complexity index is 470. The van der Waals surface area contributed by atoms with E-state index in [1.54, 1.807) is 7.11 Å². The number of nitrogens with zero attached hydrogens (tertiary/aromatic N) is 2. The molecule has 0 radical (unpaired) electrons. The minimum Gasteiger partial charge on any atom is -0.381 e. The van der Waals surface area contributed by atoms with Crippen LogP contribution in [-0.2, 0) is 4.74 Å². The van der Waals surface area contributed by atoms with Crippen molar-refractivity contribution in [2.45, 2.75) is 37.8 Å². The molecule has 1 heterocycles. The van der Waals surface area contributed by atoms with Gasteiger partial charge in [0.1, 0.15) is 12.0 Å². The van der Waals surface area contributed by atoms with Crippen molar-refractivity contribution in [1.82, 2.24) is 4.98 Å². The van der Waals surface area contributed by atoms with Crippen molar-refractivity contribution in [3.63, 3.8) is 0 Å². The summed E-state index contributed by atoms with van der Waals surface area (Å²) in [6, 6.07) is 1.55. The number of nitrogens with one attached hydrogen (secondary N) is 1. The van der Waals surface area contributed by atoms with Crippen molar-refractivity contribution in [3.05, 3.63) is 27.4 Å². The molecule has 1 N–H and O–H groups in total. The Balaban J connectivity index is 2.04. The summed E-state index contributed by atoms with van der Waals surface area (Å²) >= 11 is 6.00. The van der Waals surface area contributed by atoms with E-state index in [1.807, 2.05) is 0 Å². The summed E-state index contributed by atoms with van der Waals surface area (Å²) in [4.78, 5) is 14.1. The highest BCUT2D eigenvalue weighted by Crippen LogP contribution is 2.28. The molecular weight excluding hydrogens is 270 g/mol. The lowest BCUT2D eigenvalue weighted by Gasteiger charge is -2.29. The molecule has 7 heteroatoms. The van der Waals surface area contributed by atoms with Crippen LogP contribution < -0.4 is 5.32 Å². The molecule has 0 saturated heterocycles. The summed E-state index contributed by atoms with van der Waals surface area (Å²) in [5, 5.41) is 14.1. The Morgan fingerprint density at radius 1 is 1.58 bits per heavy atom. The van der Waals surface area contributed by atoms with Crippen LogP contribution in [0, 0.1) is 10.1 Å². The molecule has 1 aromatic heterocycles. The fourth-order valence-electron chi connectivity index (χ4n) is 2.32. The molecule has 0 bridgehead atoms. The molecule has 0 aromatic carbocycles. The maximum atomic E-state index is 10.6. The van der Waals surface area contributed by atoms with Crippen molar-refractivity contribution < 1.29 is 9.66 Å². The topological polar surface area (TPSA) is 77.3 Å². The zero-order chi connectivity index (χ0) is 13.8. The Hall–Kier alpha value is -1.40. The number of aromatic nitrogens is 1. The second-order valence-corrected chi connectivity index (χ2v) is 5.05. The molecule has 1 fully saturated rings. The van der Waals surface area contributed by atoms with Crippen LogP contribution in [0.5, 0.6) is 0 Å². The van der Waals surface area contributed by atoms with Gasteiger partial charge in [0.05, 0.1) is 16.0 Å². The first-order valence-electron chi connectivity index (χ1n) is 6.19. The first-order valence-corrected chi connectivity index (χ1v) is 6.57. The Morgan fingerprint density at radius 2 is 2.37 bits per heavy atom. The Labute approximate surface area is 116 Å². The maximum Gasteiger partial charge on any atom is 0.289 e. The third-order valence-electron chi connectivity index (χ3n) is 3.34. The molecule has 2 atom stereocenters. The van der Waals surface area contributed by atoms with Crippen LogP contribution in [0.25, 0.3) is 0 Å². The van der Waals surface area contributed by atoms with E-state index < -0.39 is 4.92 Å². The summed E-state index contributed by atoms with van der Waals surface area (Å²) in [5.41, 5.74) is -0.103. The molecule has 1 saturated carbocycles. The lowest BCUT2D eigenvalue weighted by atomic mass is 9.93. The predicted molar refractivity (Wildman–Crippen MR) is 72.6 cm³/mol. The smallest absolute Gasteiger partial charge is 0.289 e. The third-order valence-corrected chi connectivity index (χ3v) is 3.63. The van der Waals surface area contributed by atoms with Crippen molar-refractivity contribution >= 4 is 23.1 Å². The van der Waals surface area contributed by atoms with Crippen molar-refractivity contribution in [2.24, 2.45) is 0 Å². The average molecular weight is 286 g/mol. The zero-order valence-corrected chi connectivity index (χ0v) is 11.4. The van der Waals surface area contributed by atoms with Crippen LogP contribution in [0.4, 0.5) is 11.5 Å². The van der Waals surface area contributed by atoms with E-state index in [4.69, 9.17) is 16.3 Å². The van der Waals surface area contributed by atoms with E-state index in [0.717, 1.165) is 25.7 Å². The van der Waals surface area contributed by atoms with Crippen LogP contribution >= 0.6 is 11.6 Å². The number of rotatable bonds is 4. The molecule has 0 aliphatic heterocycles. The van der Waals surface area contributed by atoms with Crippen LogP contribution in [-0.4, -0.2) is 29.2 Å². The zero-order valence-electron chi connectivity index (χ0n) is 10.6. The van der Waals surface area contributed by atoms with E-state index in [1.165, 1.54) is 12.3 Å². The summed E-state index contributed by atoms with van der Waals surface area (Å²) in [5.74, 6) is 0.494. The molecule has 104 valence electrons. The minimum absolute atomic E-state index is 0.103. The monoisotopic (exact) mass is 285 g/mol. The Kier molecular flexibility index (Phi) is 4.55.